The highest BCUT2D eigenvalue weighted by Crippen LogP contribution is 2.51. The van der Waals surface area contributed by atoms with E-state index in [9.17, 15) is 4.79 Å². The van der Waals surface area contributed by atoms with Crippen LogP contribution in [0.15, 0.2) is 48.5 Å². The summed E-state index contributed by atoms with van der Waals surface area (Å²) in [5.74, 6) is 1.00. The van der Waals surface area contributed by atoms with Crippen molar-refractivity contribution in [2.24, 2.45) is 0 Å². The summed E-state index contributed by atoms with van der Waals surface area (Å²) >= 11 is 0. The first kappa shape index (κ1) is 17.9. The number of amides is 1. The number of aromatic nitrogens is 2. The predicted molar refractivity (Wildman–Crippen MR) is 111 cm³/mol. The number of hydrogen-bond donors (Lipinski definition) is 1. The number of rotatable bonds is 4. The summed E-state index contributed by atoms with van der Waals surface area (Å²) in [6, 6.07) is 16.2. The maximum atomic E-state index is 13.1. The van der Waals surface area contributed by atoms with Crippen LogP contribution in [0.5, 0.6) is 5.75 Å². The summed E-state index contributed by atoms with van der Waals surface area (Å²) in [6.07, 6.45) is 1.33. The first-order chi connectivity index (χ1) is 14.7. The molecule has 154 valence electrons. The molecule has 1 spiro atoms. The van der Waals surface area contributed by atoms with Gasteiger partial charge in [0.15, 0.2) is 5.72 Å². The molecule has 1 aromatic heterocycles. The van der Waals surface area contributed by atoms with E-state index in [0.717, 1.165) is 40.9 Å². The Morgan fingerprint density at radius 2 is 2.13 bits per heavy atom. The maximum Gasteiger partial charge on any atom is 0.227 e. The topological polar surface area (TPSA) is 70.7 Å². The van der Waals surface area contributed by atoms with Gasteiger partial charge in [-0.25, -0.2) is 0 Å². The summed E-state index contributed by atoms with van der Waals surface area (Å²) in [4.78, 5) is 17.5. The minimum atomic E-state index is -0.509. The van der Waals surface area contributed by atoms with E-state index in [2.05, 4.69) is 27.2 Å². The second kappa shape index (κ2) is 6.55. The largest absolute Gasteiger partial charge is 0.497 e. The molecule has 0 radical (unpaired) electrons. The number of methoxy groups -OCH3 is 1. The highest BCUT2D eigenvalue weighted by Gasteiger charge is 2.64. The summed E-state index contributed by atoms with van der Waals surface area (Å²) in [7, 11) is 1.67. The van der Waals surface area contributed by atoms with Gasteiger partial charge in [0.2, 0.25) is 5.91 Å². The third kappa shape index (κ3) is 2.45. The third-order valence-electron chi connectivity index (χ3n) is 6.95. The molecule has 0 aliphatic carbocycles. The fraction of sp³-hybridized carbons (Fsp3) is 0.391. The molecule has 3 aliphatic rings. The second-order valence-electron chi connectivity index (χ2n) is 8.37. The zero-order chi connectivity index (χ0) is 20.3. The lowest BCUT2D eigenvalue weighted by Gasteiger charge is -2.33. The van der Waals surface area contributed by atoms with Crippen molar-refractivity contribution < 1.29 is 14.3 Å². The average Bonchev–Trinajstić information content (AvgIpc) is 3.51. The quantitative estimate of drug-likeness (QED) is 0.724. The molecule has 2 aromatic carbocycles. The van der Waals surface area contributed by atoms with Gasteiger partial charge in [0.25, 0.3) is 0 Å². The molecule has 0 saturated carbocycles. The number of fused-ring (bicyclic) bond motifs is 1. The summed E-state index contributed by atoms with van der Waals surface area (Å²) in [5, 5.41) is 8.69. The highest BCUT2D eigenvalue weighted by atomic mass is 16.5. The molecule has 0 unspecified atom stereocenters. The van der Waals surface area contributed by atoms with Gasteiger partial charge >= 0.3 is 0 Å². The van der Waals surface area contributed by atoms with Crippen LogP contribution in [0.1, 0.15) is 30.1 Å². The minimum absolute atomic E-state index is 0.000829. The normalized spacial score (nSPS) is 28.3. The van der Waals surface area contributed by atoms with E-state index in [1.807, 2.05) is 41.3 Å². The van der Waals surface area contributed by atoms with Gasteiger partial charge < -0.3 is 14.4 Å². The van der Waals surface area contributed by atoms with E-state index >= 15 is 0 Å². The fourth-order valence-electron chi connectivity index (χ4n) is 5.53. The molecule has 1 amide bonds. The number of nitrogens with one attached hydrogen (secondary N) is 1. The van der Waals surface area contributed by atoms with Crippen molar-refractivity contribution in [3.8, 4) is 5.75 Å². The van der Waals surface area contributed by atoms with Crippen LogP contribution in [-0.4, -0.2) is 57.9 Å². The number of H-pyrrole nitrogens is 1. The third-order valence-corrected chi connectivity index (χ3v) is 6.95. The number of ether oxygens (including phenoxy) is 2. The number of likely N-dealkylation sites (tertiary alicyclic amines) is 1. The Morgan fingerprint density at radius 1 is 1.27 bits per heavy atom. The monoisotopic (exact) mass is 404 g/mol. The number of hydrogen-bond acceptors (Lipinski definition) is 5. The Morgan fingerprint density at radius 3 is 2.97 bits per heavy atom. The molecule has 3 fully saturated rings. The zero-order valence-electron chi connectivity index (χ0n) is 16.9. The number of nitrogens with zero attached hydrogens (tertiary/aromatic N) is 3. The van der Waals surface area contributed by atoms with Gasteiger partial charge in [-0.2, -0.15) is 5.10 Å². The van der Waals surface area contributed by atoms with Crippen molar-refractivity contribution in [1.82, 2.24) is 20.0 Å². The van der Waals surface area contributed by atoms with Crippen LogP contribution in [0.2, 0.25) is 0 Å². The van der Waals surface area contributed by atoms with Crippen molar-refractivity contribution in [1.29, 1.82) is 0 Å². The van der Waals surface area contributed by atoms with Gasteiger partial charge in [0.05, 0.1) is 37.0 Å². The van der Waals surface area contributed by atoms with E-state index in [4.69, 9.17) is 9.47 Å². The van der Waals surface area contributed by atoms with E-state index in [1.165, 1.54) is 0 Å². The van der Waals surface area contributed by atoms with Gasteiger partial charge in [-0.3, -0.25) is 14.8 Å². The average molecular weight is 404 g/mol. The van der Waals surface area contributed by atoms with Crippen molar-refractivity contribution in [2.45, 2.75) is 37.2 Å². The van der Waals surface area contributed by atoms with Gasteiger partial charge in [0.1, 0.15) is 5.75 Å². The first-order valence-corrected chi connectivity index (χ1v) is 10.5. The van der Waals surface area contributed by atoms with Crippen LogP contribution in [0.25, 0.3) is 10.9 Å². The lowest BCUT2D eigenvalue weighted by molar-refractivity contribution is -0.138. The fourth-order valence-corrected chi connectivity index (χ4v) is 5.53. The van der Waals surface area contributed by atoms with E-state index < -0.39 is 5.72 Å². The maximum absolute atomic E-state index is 13.1. The molecular formula is C23H24N4O3. The van der Waals surface area contributed by atoms with Crippen molar-refractivity contribution >= 4 is 16.8 Å². The Bertz CT molecular complexity index is 1110. The molecule has 6 rings (SSSR count). The smallest absolute Gasteiger partial charge is 0.227 e. The molecule has 0 bridgehead atoms. The molecule has 30 heavy (non-hydrogen) atoms. The van der Waals surface area contributed by atoms with Crippen LogP contribution in [0, 0.1) is 0 Å². The minimum Gasteiger partial charge on any atom is -0.497 e. The van der Waals surface area contributed by atoms with Crippen LogP contribution >= 0.6 is 0 Å². The second-order valence-corrected chi connectivity index (χ2v) is 8.37. The Hall–Kier alpha value is -2.90. The summed E-state index contributed by atoms with van der Waals surface area (Å²) < 4.78 is 11.8. The van der Waals surface area contributed by atoms with Crippen molar-refractivity contribution in [3.63, 3.8) is 0 Å². The van der Waals surface area contributed by atoms with Crippen molar-refractivity contribution in [3.05, 3.63) is 59.8 Å². The van der Waals surface area contributed by atoms with E-state index in [-0.39, 0.29) is 18.0 Å². The van der Waals surface area contributed by atoms with Crippen LogP contribution < -0.4 is 4.74 Å². The summed E-state index contributed by atoms with van der Waals surface area (Å²) in [5.41, 5.74) is 2.61. The van der Waals surface area contributed by atoms with E-state index in [0.29, 0.717) is 19.6 Å². The number of carbonyl (C=O) groups excluding carboxylic acids is 1. The molecule has 3 atom stereocenters. The van der Waals surface area contributed by atoms with E-state index in [1.54, 1.807) is 7.11 Å². The molecule has 7 nitrogen and oxygen atoms in total. The lowest BCUT2D eigenvalue weighted by atomic mass is 10.0. The molecule has 4 heterocycles. The molecule has 7 heteroatoms. The first-order valence-electron chi connectivity index (χ1n) is 10.5. The zero-order valence-corrected chi connectivity index (χ0v) is 16.9. The Labute approximate surface area is 174 Å². The number of carbonyl (C=O) groups is 1. The van der Waals surface area contributed by atoms with Gasteiger partial charge in [0, 0.05) is 31.3 Å². The highest BCUT2D eigenvalue weighted by molar-refractivity contribution is 5.83. The predicted octanol–water partition coefficient (Wildman–Crippen LogP) is 2.85. The summed E-state index contributed by atoms with van der Waals surface area (Å²) in [6.45, 7) is 2.15. The molecule has 3 aliphatic heterocycles. The molecule has 3 aromatic rings. The molecular weight excluding hydrogens is 380 g/mol. The molecule has 1 N–H and O–H groups in total. The standard InChI is InChI=1S/C23H24N4O3/c1-29-16-7-8-18-17(11-16)19(25-24-18)13-26-10-9-23-21(26)12-22(28)27(23)20(14-30-23)15-5-3-2-4-6-15/h2-8,11,20-21H,9-10,12-14H2,1H3,(H,24,25)/t20-,21+,23-/m0/s1. The Kier molecular flexibility index (Phi) is 3.91. The van der Waals surface area contributed by atoms with Crippen molar-refractivity contribution in [2.75, 3.05) is 20.3 Å². The van der Waals surface area contributed by atoms with Gasteiger partial charge in [-0.05, 0) is 23.8 Å². The number of benzene rings is 2. The van der Waals surface area contributed by atoms with Gasteiger partial charge in [-0.15, -0.1) is 0 Å². The number of aromatic amines is 1. The SMILES string of the molecule is COc1ccc2n[nH]c(CN3CC[C@@]45OC[C@@H](c6ccccc6)N4C(=O)C[C@@H]35)c2c1. The van der Waals surface area contributed by atoms with Crippen LogP contribution in [-0.2, 0) is 16.1 Å². The van der Waals surface area contributed by atoms with Crippen LogP contribution in [0.4, 0.5) is 0 Å². The van der Waals surface area contributed by atoms with Crippen LogP contribution in [0.3, 0.4) is 0 Å². The molecule has 3 saturated heterocycles. The van der Waals surface area contributed by atoms with Gasteiger partial charge in [-0.1, -0.05) is 30.3 Å². The Balaban J connectivity index is 1.30. The lowest BCUT2D eigenvalue weighted by Crippen LogP contribution is -2.48.